The predicted molar refractivity (Wildman–Crippen MR) is 58.8 cm³/mol. The summed E-state index contributed by atoms with van der Waals surface area (Å²) in [5, 5.41) is 8.97. The zero-order valence-electron chi connectivity index (χ0n) is 9.32. The topological polar surface area (TPSA) is 40.5 Å². The maximum atomic E-state index is 10.9. The van der Waals surface area contributed by atoms with Crippen molar-refractivity contribution in [3.05, 3.63) is 0 Å². The van der Waals surface area contributed by atoms with E-state index in [2.05, 4.69) is 4.90 Å². The van der Waals surface area contributed by atoms with Crippen molar-refractivity contribution in [2.45, 2.75) is 38.5 Å². The van der Waals surface area contributed by atoms with Crippen LogP contribution in [0.2, 0.25) is 0 Å². The third-order valence-electron chi connectivity index (χ3n) is 3.91. The fraction of sp³-hybridized carbons (Fsp3) is 0.917. The average Bonchev–Trinajstić information content (AvgIpc) is 2.36. The first-order chi connectivity index (χ1) is 7.25. The highest BCUT2D eigenvalue weighted by Gasteiger charge is 2.25. The molecule has 1 saturated carbocycles. The lowest BCUT2D eigenvalue weighted by Crippen LogP contribution is -2.33. The van der Waals surface area contributed by atoms with Gasteiger partial charge in [0.15, 0.2) is 0 Å². The molecule has 1 heterocycles. The molecule has 0 radical (unpaired) electrons. The molecular weight excluding hydrogens is 190 g/mol. The van der Waals surface area contributed by atoms with Crippen molar-refractivity contribution < 1.29 is 9.90 Å². The SMILES string of the molecule is O=C(O)C1CCCN(CC2CCC2)CC1. The van der Waals surface area contributed by atoms with E-state index in [1.807, 2.05) is 0 Å². The average molecular weight is 211 g/mol. The van der Waals surface area contributed by atoms with Crippen molar-refractivity contribution in [2.75, 3.05) is 19.6 Å². The Morgan fingerprint density at radius 1 is 1.13 bits per heavy atom. The minimum atomic E-state index is -0.597. The number of rotatable bonds is 3. The number of likely N-dealkylation sites (tertiary alicyclic amines) is 1. The van der Waals surface area contributed by atoms with E-state index in [1.54, 1.807) is 0 Å². The molecular formula is C12H21NO2. The Hall–Kier alpha value is -0.570. The van der Waals surface area contributed by atoms with Gasteiger partial charge in [0.05, 0.1) is 5.92 Å². The Morgan fingerprint density at radius 3 is 2.53 bits per heavy atom. The minimum Gasteiger partial charge on any atom is -0.481 e. The van der Waals surface area contributed by atoms with Crippen molar-refractivity contribution in [2.24, 2.45) is 11.8 Å². The van der Waals surface area contributed by atoms with Gasteiger partial charge in [-0.1, -0.05) is 6.42 Å². The van der Waals surface area contributed by atoms with Crippen LogP contribution in [0.25, 0.3) is 0 Å². The highest BCUT2D eigenvalue weighted by atomic mass is 16.4. The third-order valence-corrected chi connectivity index (χ3v) is 3.91. The lowest BCUT2D eigenvalue weighted by Gasteiger charge is -2.31. The van der Waals surface area contributed by atoms with Crippen molar-refractivity contribution in [3.63, 3.8) is 0 Å². The molecule has 3 nitrogen and oxygen atoms in total. The summed E-state index contributed by atoms with van der Waals surface area (Å²) in [7, 11) is 0. The lowest BCUT2D eigenvalue weighted by molar-refractivity contribution is -0.142. The fourth-order valence-electron chi connectivity index (χ4n) is 2.63. The Bertz CT molecular complexity index is 226. The number of carbonyl (C=O) groups is 1. The molecule has 1 atom stereocenters. The summed E-state index contributed by atoms with van der Waals surface area (Å²) in [5.41, 5.74) is 0. The minimum absolute atomic E-state index is 0.0867. The van der Waals surface area contributed by atoms with E-state index < -0.39 is 5.97 Å². The van der Waals surface area contributed by atoms with Crippen LogP contribution in [0.5, 0.6) is 0 Å². The molecule has 1 aliphatic heterocycles. The second-order valence-electron chi connectivity index (χ2n) is 5.06. The molecule has 1 unspecified atom stereocenters. The van der Waals surface area contributed by atoms with E-state index in [4.69, 9.17) is 5.11 Å². The summed E-state index contributed by atoms with van der Waals surface area (Å²) in [6.07, 6.45) is 6.95. The van der Waals surface area contributed by atoms with Crippen molar-refractivity contribution in [3.8, 4) is 0 Å². The van der Waals surface area contributed by atoms with Crippen molar-refractivity contribution in [1.82, 2.24) is 4.90 Å². The van der Waals surface area contributed by atoms with Gasteiger partial charge in [-0.2, -0.15) is 0 Å². The zero-order chi connectivity index (χ0) is 10.7. The summed E-state index contributed by atoms with van der Waals surface area (Å²) < 4.78 is 0. The van der Waals surface area contributed by atoms with E-state index in [-0.39, 0.29) is 5.92 Å². The van der Waals surface area contributed by atoms with Gasteiger partial charge in [-0.25, -0.2) is 0 Å². The molecule has 1 saturated heterocycles. The van der Waals surface area contributed by atoms with E-state index in [1.165, 1.54) is 25.8 Å². The van der Waals surface area contributed by atoms with Gasteiger partial charge in [0.25, 0.3) is 0 Å². The first-order valence-electron chi connectivity index (χ1n) is 6.21. The molecule has 3 heteroatoms. The van der Waals surface area contributed by atoms with Crippen LogP contribution in [-0.2, 0) is 4.79 Å². The second-order valence-corrected chi connectivity index (χ2v) is 5.06. The van der Waals surface area contributed by atoms with Gasteiger partial charge in [-0.15, -0.1) is 0 Å². The molecule has 1 N–H and O–H groups in total. The zero-order valence-corrected chi connectivity index (χ0v) is 9.32. The third kappa shape index (κ3) is 2.94. The number of hydrogen-bond donors (Lipinski definition) is 1. The lowest BCUT2D eigenvalue weighted by atomic mass is 9.85. The number of aliphatic carboxylic acids is 1. The number of carboxylic acids is 1. The van der Waals surface area contributed by atoms with E-state index in [0.717, 1.165) is 38.3 Å². The van der Waals surface area contributed by atoms with Crippen LogP contribution in [-0.4, -0.2) is 35.6 Å². The molecule has 2 fully saturated rings. The number of hydrogen-bond acceptors (Lipinski definition) is 2. The molecule has 86 valence electrons. The maximum Gasteiger partial charge on any atom is 0.306 e. The maximum absolute atomic E-state index is 10.9. The van der Waals surface area contributed by atoms with Crippen molar-refractivity contribution in [1.29, 1.82) is 0 Å². The van der Waals surface area contributed by atoms with Gasteiger partial charge in [0, 0.05) is 6.54 Å². The van der Waals surface area contributed by atoms with E-state index >= 15 is 0 Å². The standard InChI is InChI=1S/C12H21NO2/c14-12(15)11-5-2-7-13(8-6-11)9-10-3-1-4-10/h10-11H,1-9H2,(H,14,15). The van der Waals surface area contributed by atoms with Gasteiger partial charge >= 0.3 is 5.97 Å². The Morgan fingerprint density at radius 2 is 1.93 bits per heavy atom. The summed E-state index contributed by atoms with van der Waals surface area (Å²) in [4.78, 5) is 13.4. The van der Waals surface area contributed by atoms with Crippen molar-refractivity contribution >= 4 is 5.97 Å². The summed E-state index contributed by atoms with van der Waals surface area (Å²) in [6, 6.07) is 0. The first kappa shape index (κ1) is 10.9. The molecule has 0 aromatic carbocycles. The predicted octanol–water partition coefficient (Wildman–Crippen LogP) is 1.97. The number of nitrogens with zero attached hydrogens (tertiary/aromatic N) is 1. The Balaban J connectivity index is 1.76. The molecule has 2 aliphatic rings. The molecule has 0 spiro atoms. The van der Waals surface area contributed by atoms with Crippen LogP contribution in [0.1, 0.15) is 38.5 Å². The second kappa shape index (κ2) is 4.97. The summed E-state index contributed by atoms with van der Waals surface area (Å²) in [6.45, 7) is 3.32. The van der Waals surface area contributed by atoms with Gasteiger partial charge in [0.1, 0.15) is 0 Å². The number of carboxylic acid groups (broad SMARTS) is 1. The molecule has 0 bridgehead atoms. The molecule has 15 heavy (non-hydrogen) atoms. The van der Waals surface area contributed by atoms with Crippen LogP contribution in [0.3, 0.4) is 0 Å². The van der Waals surface area contributed by atoms with Crippen LogP contribution in [0, 0.1) is 11.8 Å². The monoisotopic (exact) mass is 211 g/mol. The highest BCUT2D eigenvalue weighted by molar-refractivity contribution is 5.69. The van der Waals surface area contributed by atoms with Gasteiger partial charge in [0.2, 0.25) is 0 Å². The van der Waals surface area contributed by atoms with Gasteiger partial charge in [-0.05, 0) is 51.1 Å². The van der Waals surface area contributed by atoms with E-state index in [9.17, 15) is 4.79 Å². The molecule has 2 rings (SSSR count). The molecule has 1 aliphatic carbocycles. The first-order valence-corrected chi connectivity index (χ1v) is 6.21. The largest absolute Gasteiger partial charge is 0.481 e. The van der Waals surface area contributed by atoms with Crippen LogP contribution >= 0.6 is 0 Å². The molecule has 0 aromatic heterocycles. The van der Waals surface area contributed by atoms with Crippen LogP contribution in [0.4, 0.5) is 0 Å². The molecule has 0 amide bonds. The van der Waals surface area contributed by atoms with Gasteiger partial charge in [-0.3, -0.25) is 4.79 Å². The Kier molecular flexibility index (Phi) is 3.62. The highest BCUT2D eigenvalue weighted by Crippen LogP contribution is 2.28. The summed E-state index contributed by atoms with van der Waals surface area (Å²) >= 11 is 0. The van der Waals surface area contributed by atoms with Gasteiger partial charge < -0.3 is 10.0 Å². The fourth-order valence-corrected chi connectivity index (χ4v) is 2.63. The summed E-state index contributed by atoms with van der Waals surface area (Å²) in [5.74, 6) is 0.225. The normalized spacial score (nSPS) is 29.5. The van der Waals surface area contributed by atoms with Crippen LogP contribution < -0.4 is 0 Å². The van der Waals surface area contributed by atoms with E-state index in [0.29, 0.717) is 0 Å². The quantitative estimate of drug-likeness (QED) is 0.776. The van der Waals surface area contributed by atoms with Crippen LogP contribution in [0.15, 0.2) is 0 Å². The smallest absolute Gasteiger partial charge is 0.306 e. The molecule has 0 aromatic rings. The Labute approximate surface area is 91.5 Å².